The van der Waals surface area contributed by atoms with Gasteiger partial charge in [-0.1, -0.05) is 0 Å². The third kappa shape index (κ3) is 5.73. The summed E-state index contributed by atoms with van der Waals surface area (Å²) in [4.78, 5) is 0. The summed E-state index contributed by atoms with van der Waals surface area (Å²) in [6.07, 6.45) is -10.9. The van der Waals surface area contributed by atoms with E-state index in [0.717, 1.165) is 0 Å². The fraction of sp³-hybridized carbons (Fsp3) is 0.600. The van der Waals surface area contributed by atoms with E-state index in [-0.39, 0.29) is 5.32 Å². The van der Waals surface area contributed by atoms with Crippen molar-refractivity contribution in [3.63, 3.8) is 0 Å². The lowest BCUT2D eigenvalue weighted by Gasteiger charge is -2.18. The van der Waals surface area contributed by atoms with Crippen molar-refractivity contribution >= 4 is 0 Å². The summed E-state index contributed by atoms with van der Waals surface area (Å²) in [5.41, 5.74) is 0. The first-order valence-corrected chi connectivity index (χ1v) is 2.97. The topological polar surface area (TPSA) is 12.0 Å². The third-order valence-corrected chi connectivity index (χ3v) is 0.907. The monoisotopic (exact) mass is 229 g/mol. The second kappa shape index (κ2) is 4.11. The number of alkyl halides is 5. The van der Waals surface area contributed by atoms with E-state index < -0.39 is 30.7 Å². The number of hydrogen-bond acceptors (Lipinski definition) is 1. The summed E-state index contributed by atoms with van der Waals surface area (Å²) in [6, 6.07) is -4.80. The van der Waals surface area contributed by atoms with E-state index in [4.69, 9.17) is 0 Å². The van der Waals surface area contributed by atoms with Crippen LogP contribution in [0.15, 0.2) is 11.9 Å². The number of halogens is 8. The third-order valence-electron chi connectivity index (χ3n) is 0.907. The standard InChI is InChI=1S/C5H3F8N/c6-2(3(7)8)1-4(9,10)14-5(11,12)13/h14H,1H2. The molecule has 0 aliphatic heterocycles. The van der Waals surface area contributed by atoms with Crippen LogP contribution in [0.25, 0.3) is 0 Å². The van der Waals surface area contributed by atoms with Crippen molar-refractivity contribution in [2.24, 2.45) is 0 Å². The minimum absolute atomic E-state index is 0.260. The molecule has 0 aliphatic carbocycles. The van der Waals surface area contributed by atoms with E-state index in [9.17, 15) is 35.1 Å². The van der Waals surface area contributed by atoms with Gasteiger partial charge in [-0.25, -0.2) is 4.39 Å². The highest BCUT2D eigenvalue weighted by atomic mass is 19.4. The van der Waals surface area contributed by atoms with Gasteiger partial charge >= 0.3 is 18.4 Å². The highest BCUT2D eigenvalue weighted by Gasteiger charge is 2.43. The van der Waals surface area contributed by atoms with Gasteiger partial charge in [0.05, 0.1) is 6.42 Å². The number of rotatable bonds is 3. The Hall–Kier alpha value is -0.860. The van der Waals surface area contributed by atoms with Gasteiger partial charge in [-0.05, 0) is 0 Å². The van der Waals surface area contributed by atoms with Gasteiger partial charge in [-0.3, -0.25) is 0 Å². The zero-order valence-corrected chi connectivity index (χ0v) is 6.23. The Morgan fingerprint density at radius 1 is 0.929 bits per heavy atom. The lowest BCUT2D eigenvalue weighted by Crippen LogP contribution is -2.46. The minimum atomic E-state index is -5.48. The largest absolute Gasteiger partial charge is 0.461 e. The van der Waals surface area contributed by atoms with Crippen molar-refractivity contribution in [1.82, 2.24) is 5.32 Å². The van der Waals surface area contributed by atoms with Crippen LogP contribution in [0.1, 0.15) is 6.42 Å². The molecule has 0 amide bonds. The van der Waals surface area contributed by atoms with Crippen LogP contribution in [0, 0.1) is 0 Å². The second-order valence-electron chi connectivity index (χ2n) is 2.17. The van der Waals surface area contributed by atoms with Crippen LogP contribution >= 0.6 is 0 Å². The lowest BCUT2D eigenvalue weighted by atomic mass is 10.3. The predicted octanol–water partition coefficient (Wildman–Crippen LogP) is 3.16. The second-order valence-corrected chi connectivity index (χ2v) is 2.17. The van der Waals surface area contributed by atoms with Gasteiger partial charge in [0.2, 0.25) is 0 Å². The first-order chi connectivity index (χ1) is 6.03. The summed E-state index contributed by atoms with van der Waals surface area (Å²) in [5.74, 6) is -2.59. The fourth-order valence-corrected chi connectivity index (χ4v) is 0.513. The summed E-state index contributed by atoms with van der Waals surface area (Å²) in [6.45, 7) is 0. The molecule has 9 heteroatoms. The Balaban J connectivity index is 4.43. The SMILES string of the molecule is FC(F)=C(F)CC(F)(F)NC(F)(F)F. The van der Waals surface area contributed by atoms with Gasteiger partial charge < -0.3 is 0 Å². The maximum atomic E-state index is 12.1. The van der Waals surface area contributed by atoms with E-state index in [1.54, 1.807) is 0 Å². The van der Waals surface area contributed by atoms with Gasteiger partial charge in [-0.2, -0.15) is 36.0 Å². The summed E-state index contributed by atoms with van der Waals surface area (Å²) in [5, 5.41) is -0.260. The average Bonchev–Trinajstić information content (AvgIpc) is 1.78. The van der Waals surface area contributed by atoms with Crippen molar-refractivity contribution in [3.8, 4) is 0 Å². The van der Waals surface area contributed by atoms with Crippen LogP contribution in [0.5, 0.6) is 0 Å². The molecule has 0 fully saturated rings. The Morgan fingerprint density at radius 3 is 1.64 bits per heavy atom. The average molecular weight is 229 g/mol. The molecule has 0 aromatic rings. The fourth-order valence-electron chi connectivity index (χ4n) is 0.513. The molecule has 0 saturated carbocycles. The normalized spacial score (nSPS) is 12.9. The Bertz CT molecular complexity index is 224. The van der Waals surface area contributed by atoms with Crippen LogP contribution < -0.4 is 5.32 Å². The minimum Gasteiger partial charge on any atom is -0.206 e. The summed E-state index contributed by atoms with van der Waals surface area (Å²) in [7, 11) is 0. The molecule has 0 bridgehead atoms. The molecule has 0 aromatic heterocycles. The molecular weight excluding hydrogens is 226 g/mol. The van der Waals surface area contributed by atoms with Crippen molar-refractivity contribution in [1.29, 1.82) is 0 Å². The zero-order chi connectivity index (χ0) is 11.6. The molecular formula is C5H3F8N. The Morgan fingerprint density at radius 2 is 1.36 bits per heavy atom. The maximum Gasteiger partial charge on any atom is 0.461 e. The number of hydrogen-bond donors (Lipinski definition) is 1. The van der Waals surface area contributed by atoms with Gasteiger partial charge in [-0.15, -0.1) is 0 Å². The number of nitrogens with one attached hydrogen (secondary N) is 1. The van der Waals surface area contributed by atoms with Gasteiger partial charge in [0.15, 0.2) is 5.83 Å². The molecule has 1 N–H and O–H groups in total. The van der Waals surface area contributed by atoms with Crippen LogP contribution in [-0.2, 0) is 0 Å². The van der Waals surface area contributed by atoms with Crippen molar-refractivity contribution in [2.45, 2.75) is 18.8 Å². The molecule has 0 radical (unpaired) electrons. The van der Waals surface area contributed by atoms with E-state index >= 15 is 0 Å². The van der Waals surface area contributed by atoms with Gasteiger partial charge in [0.25, 0.3) is 0 Å². The molecule has 0 heterocycles. The first kappa shape index (κ1) is 13.1. The summed E-state index contributed by atoms with van der Waals surface area (Å²) >= 11 is 0. The van der Waals surface area contributed by atoms with Gasteiger partial charge in [0, 0.05) is 0 Å². The molecule has 84 valence electrons. The molecule has 1 nitrogen and oxygen atoms in total. The van der Waals surface area contributed by atoms with E-state index in [1.807, 2.05) is 0 Å². The Labute approximate surface area is 72.4 Å². The van der Waals surface area contributed by atoms with E-state index in [0.29, 0.717) is 0 Å². The molecule has 0 aromatic carbocycles. The smallest absolute Gasteiger partial charge is 0.206 e. The van der Waals surface area contributed by atoms with Crippen LogP contribution in [-0.4, -0.2) is 12.3 Å². The molecule has 0 spiro atoms. The highest BCUT2D eigenvalue weighted by molar-refractivity contribution is 4.95. The van der Waals surface area contributed by atoms with Crippen LogP contribution in [0.3, 0.4) is 0 Å². The molecule has 0 aliphatic rings. The molecule has 0 unspecified atom stereocenters. The van der Waals surface area contributed by atoms with Gasteiger partial charge in [0.1, 0.15) is 0 Å². The van der Waals surface area contributed by atoms with Crippen molar-refractivity contribution in [3.05, 3.63) is 11.9 Å². The lowest BCUT2D eigenvalue weighted by molar-refractivity contribution is -0.221. The van der Waals surface area contributed by atoms with Crippen LogP contribution in [0.2, 0.25) is 0 Å². The Kier molecular flexibility index (Phi) is 3.86. The molecule has 14 heavy (non-hydrogen) atoms. The maximum absolute atomic E-state index is 12.1. The molecule has 0 rings (SSSR count). The van der Waals surface area contributed by atoms with E-state index in [2.05, 4.69) is 0 Å². The van der Waals surface area contributed by atoms with Crippen molar-refractivity contribution in [2.75, 3.05) is 0 Å². The van der Waals surface area contributed by atoms with Crippen LogP contribution in [0.4, 0.5) is 35.1 Å². The van der Waals surface area contributed by atoms with Crippen molar-refractivity contribution < 1.29 is 35.1 Å². The predicted molar refractivity (Wildman–Crippen MR) is 29.1 cm³/mol. The molecule has 0 saturated heterocycles. The highest BCUT2D eigenvalue weighted by Crippen LogP contribution is 2.28. The zero-order valence-electron chi connectivity index (χ0n) is 6.23. The summed E-state index contributed by atoms with van der Waals surface area (Å²) < 4.78 is 92.4. The van der Waals surface area contributed by atoms with E-state index in [1.165, 1.54) is 0 Å². The first-order valence-electron chi connectivity index (χ1n) is 2.97. The quantitative estimate of drug-likeness (QED) is 0.579. The molecule has 0 atom stereocenters.